The number of rotatable bonds is 2. The predicted octanol–water partition coefficient (Wildman–Crippen LogP) is 3.08. The third-order valence-corrected chi connectivity index (χ3v) is 4.26. The smallest absolute Gasteiger partial charge is 0.162 e. The molecule has 0 atom stereocenters. The van der Waals surface area contributed by atoms with Gasteiger partial charge >= 0.3 is 0 Å². The van der Waals surface area contributed by atoms with Gasteiger partial charge < -0.3 is 5.43 Å². The molecule has 7 heteroatoms. The maximum atomic E-state index is 13.4. The van der Waals surface area contributed by atoms with E-state index in [1.807, 2.05) is 0 Å². The molecule has 0 fully saturated rings. The number of fused-ring (bicyclic) bond motifs is 1. The highest BCUT2D eigenvalue weighted by atomic mass is 79.9. The number of hydrazine groups is 1. The largest absolute Gasteiger partial charge is 0.308 e. The first-order valence-corrected chi connectivity index (χ1v) is 7.53. The topological polar surface area (TPSA) is 63.8 Å². The lowest BCUT2D eigenvalue weighted by atomic mass is 10.2. The molecular formula is C12H10BrFN4S. The van der Waals surface area contributed by atoms with Crippen LogP contribution < -0.4 is 11.3 Å². The lowest BCUT2D eigenvalue weighted by Gasteiger charge is -2.09. The van der Waals surface area contributed by atoms with E-state index in [0.717, 1.165) is 22.8 Å². The van der Waals surface area contributed by atoms with Gasteiger partial charge in [-0.05, 0) is 18.2 Å². The summed E-state index contributed by atoms with van der Waals surface area (Å²) in [5.41, 5.74) is 5.22. The summed E-state index contributed by atoms with van der Waals surface area (Å²) < 4.78 is 14.1. The van der Waals surface area contributed by atoms with Gasteiger partial charge in [-0.25, -0.2) is 20.2 Å². The van der Waals surface area contributed by atoms with E-state index in [-0.39, 0.29) is 5.82 Å². The van der Waals surface area contributed by atoms with Crippen molar-refractivity contribution in [1.82, 2.24) is 9.97 Å². The number of nitrogens with one attached hydrogen (secondary N) is 1. The molecule has 3 N–H and O–H groups in total. The van der Waals surface area contributed by atoms with E-state index in [9.17, 15) is 4.39 Å². The first kappa shape index (κ1) is 12.8. The number of nitrogens with two attached hydrogens (primary N) is 1. The predicted molar refractivity (Wildman–Crippen MR) is 77.9 cm³/mol. The first-order chi connectivity index (χ1) is 9.17. The number of aromatic nitrogens is 2. The molecule has 2 aromatic rings. The molecule has 0 aliphatic carbocycles. The molecule has 0 saturated heterocycles. The van der Waals surface area contributed by atoms with E-state index < -0.39 is 0 Å². The average Bonchev–Trinajstić information content (AvgIpc) is 2.84. The number of thioether (sulfide) groups is 1. The van der Waals surface area contributed by atoms with Crippen LogP contribution in [-0.4, -0.2) is 9.97 Å². The van der Waals surface area contributed by atoms with Crippen molar-refractivity contribution in [3.63, 3.8) is 0 Å². The molecule has 0 amide bonds. The number of halogens is 2. The highest BCUT2D eigenvalue weighted by Gasteiger charge is 2.20. The summed E-state index contributed by atoms with van der Waals surface area (Å²) in [6, 6.07) is 4.59. The zero-order valence-corrected chi connectivity index (χ0v) is 12.2. The molecule has 98 valence electrons. The standard InChI is InChI=1S/C12H10BrFN4S/c13-7-1-6(2-8(14)3-7)11-16-10-5-19-4-9(10)12(17-11)18-15/h1-3H,4-5,15H2,(H,16,17,18). The van der Waals surface area contributed by atoms with Crippen LogP contribution in [0.2, 0.25) is 0 Å². The van der Waals surface area contributed by atoms with Crippen LogP contribution in [-0.2, 0) is 11.5 Å². The van der Waals surface area contributed by atoms with Crippen molar-refractivity contribution >= 4 is 33.5 Å². The van der Waals surface area contributed by atoms with E-state index >= 15 is 0 Å². The summed E-state index contributed by atoms with van der Waals surface area (Å²) in [5.74, 6) is 7.94. The molecule has 0 saturated carbocycles. The fraction of sp³-hybridized carbons (Fsp3) is 0.167. The molecule has 19 heavy (non-hydrogen) atoms. The van der Waals surface area contributed by atoms with Gasteiger partial charge in [0, 0.05) is 27.1 Å². The SMILES string of the molecule is NNc1nc(-c2cc(F)cc(Br)c2)nc2c1CSC2. The first-order valence-electron chi connectivity index (χ1n) is 5.58. The van der Waals surface area contributed by atoms with Crippen LogP contribution in [0.1, 0.15) is 11.3 Å². The zero-order valence-electron chi connectivity index (χ0n) is 9.78. The molecule has 0 spiro atoms. The summed E-state index contributed by atoms with van der Waals surface area (Å²) in [4.78, 5) is 8.87. The van der Waals surface area contributed by atoms with Crippen LogP contribution in [0.3, 0.4) is 0 Å². The fourth-order valence-electron chi connectivity index (χ4n) is 1.98. The second kappa shape index (κ2) is 5.07. The van der Waals surface area contributed by atoms with Gasteiger partial charge in [0.1, 0.15) is 11.6 Å². The van der Waals surface area contributed by atoms with E-state index in [4.69, 9.17) is 5.84 Å². The van der Waals surface area contributed by atoms with Crippen LogP contribution in [0.25, 0.3) is 11.4 Å². The third kappa shape index (κ3) is 2.45. The number of anilines is 1. The zero-order chi connectivity index (χ0) is 13.4. The monoisotopic (exact) mass is 340 g/mol. The molecule has 1 aromatic carbocycles. The molecule has 3 rings (SSSR count). The number of nitrogens with zero attached hydrogens (tertiary/aromatic N) is 2. The maximum absolute atomic E-state index is 13.4. The van der Waals surface area contributed by atoms with Crippen molar-refractivity contribution in [3.8, 4) is 11.4 Å². The second-order valence-corrected chi connectivity index (χ2v) is 6.02. The van der Waals surface area contributed by atoms with Gasteiger partial charge in [0.2, 0.25) is 0 Å². The van der Waals surface area contributed by atoms with Gasteiger partial charge in [0.05, 0.1) is 5.69 Å². The van der Waals surface area contributed by atoms with Crippen molar-refractivity contribution in [2.24, 2.45) is 5.84 Å². The van der Waals surface area contributed by atoms with Crippen LogP contribution in [0.4, 0.5) is 10.2 Å². The minimum atomic E-state index is -0.329. The lowest BCUT2D eigenvalue weighted by molar-refractivity contribution is 0.627. The molecule has 0 bridgehead atoms. The molecule has 1 aliphatic rings. The summed E-state index contributed by atoms with van der Waals surface area (Å²) in [5, 5.41) is 0. The van der Waals surface area contributed by atoms with Crippen molar-refractivity contribution in [1.29, 1.82) is 0 Å². The van der Waals surface area contributed by atoms with E-state index in [1.54, 1.807) is 17.8 Å². The average molecular weight is 341 g/mol. The molecule has 0 unspecified atom stereocenters. The third-order valence-electron chi connectivity index (χ3n) is 2.84. The Balaban J connectivity index is 2.15. The number of benzene rings is 1. The van der Waals surface area contributed by atoms with Gasteiger partial charge in [0.15, 0.2) is 5.82 Å². The Kier molecular flexibility index (Phi) is 3.42. The van der Waals surface area contributed by atoms with Gasteiger partial charge in [-0.1, -0.05) is 15.9 Å². The molecular weight excluding hydrogens is 331 g/mol. The van der Waals surface area contributed by atoms with Crippen molar-refractivity contribution in [3.05, 3.63) is 39.7 Å². The number of hydrogen-bond acceptors (Lipinski definition) is 5. The molecule has 1 aliphatic heterocycles. The van der Waals surface area contributed by atoms with Gasteiger partial charge in [-0.3, -0.25) is 0 Å². The fourth-order valence-corrected chi connectivity index (χ4v) is 3.49. The van der Waals surface area contributed by atoms with Gasteiger partial charge in [-0.2, -0.15) is 11.8 Å². The van der Waals surface area contributed by atoms with E-state index in [0.29, 0.717) is 21.7 Å². The van der Waals surface area contributed by atoms with Crippen LogP contribution in [0.15, 0.2) is 22.7 Å². The molecule has 4 nitrogen and oxygen atoms in total. The van der Waals surface area contributed by atoms with Crippen molar-refractivity contribution in [2.45, 2.75) is 11.5 Å². The van der Waals surface area contributed by atoms with Gasteiger partial charge in [-0.15, -0.1) is 0 Å². The maximum Gasteiger partial charge on any atom is 0.162 e. The Hall–Kier alpha value is -1.18. The summed E-state index contributed by atoms with van der Waals surface area (Å²) in [7, 11) is 0. The van der Waals surface area contributed by atoms with Crippen molar-refractivity contribution < 1.29 is 4.39 Å². The minimum Gasteiger partial charge on any atom is -0.308 e. The molecule has 2 heterocycles. The van der Waals surface area contributed by atoms with Crippen molar-refractivity contribution in [2.75, 3.05) is 5.43 Å². The highest BCUT2D eigenvalue weighted by Crippen LogP contribution is 2.34. The van der Waals surface area contributed by atoms with Gasteiger partial charge in [0.25, 0.3) is 0 Å². The Labute approximate surface area is 122 Å². The quantitative estimate of drug-likeness (QED) is 0.649. The van der Waals surface area contributed by atoms with Crippen LogP contribution in [0.5, 0.6) is 0 Å². The molecule has 0 radical (unpaired) electrons. The normalized spacial score (nSPS) is 13.4. The Bertz CT molecular complexity index is 630. The lowest BCUT2D eigenvalue weighted by Crippen LogP contribution is -2.12. The summed E-state index contributed by atoms with van der Waals surface area (Å²) in [6.07, 6.45) is 0. The second-order valence-electron chi connectivity index (χ2n) is 4.12. The van der Waals surface area contributed by atoms with Crippen LogP contribution in [0, 0.1) is 5.82 Å². The highest BCUT2D eigenvalue weighted by molar-refractivity contribution is 9.10. The minimum absolute atomic E-state index is 0.329. The Morgan fingerprint density at radius 3 is 2.84 bits per heavy atom. The Morgan fingerprint density at radius 2 is 2.11 bits per heavy atom. The van der Waals surface area contributed by atoms with Crippen LogP contribution >= 0.6 is 27.7 Å². The number of nitrogen functional groups attached to an aromatic ring is 1. The van der Waals surface area contributed by atoms with E-state index in [2.05, 4.69) is 31.3 Å². The molecule has 1 aromatic heterocycles. The summed E-state index contributed by atoms with van der Waals surface area (Å²) >= 11 is 5.03. The number of hydrogen-bond donors (Lipinski definition) is 2. The van der Waals surface area contributed by atoms with E-state index in [1.165, 1.54) is 12.1 Å². The Morgan fingerprint density at radius 1 is 1.26 bits per heavy atom. The summed E-state index contributed by atoms with van der Waals surface area (Å²) in [6.45, 7) is 0.